The number of halogens is 3. The zero-order valence-corrected chi connectivity index (χ0v) is 15.0. The molecule has 0 radical (unpaired) electrons. The zero-order chi connectivity index (χ0) is 19.5. The van der Waals surface area contributed by atoms with Gasteiger partial charge in [0.2, 0.25) is 5.91 Å². The lowest BCUT2D eigenvalue weighted by molar-refractivity contribution is -0.137. The Balaban J connectivity index is 1.98. The average molecular weight is 372 g/mol. The van der Waals surface area contributed by atoms with Gasteiger partial charge in [0, 0.05) is 13.1 Å². The fourth-order valence-electron chi connectivity index (χ4n) is 2.74. The summed E-state index contributed by atoms with van der Waals surface area (Å²) >= 11 is 0. The highest BCUT2D eigenvalue weighted by Crippen LogP contribution is 2.29. The largest absolute Gasteiger partial charge is 0.444 e. The van der Waals surface area contributed by atoms with E-state index in [4.69, 9.17) is 4.74 Å². The first kappa shape index (κ1) is 20.1. The van der Waals surface area contributed by atoms with Gasteiger partial charge in [-0.3, -0.25) is 9.69 Å². The van der Waals surface area contributed by atoms with Gasteiger partial charge in [-0.1, -0.05) is 12.1 Å². The van der Waals surface area contributed by atoms with E-state index in [1.54, 1.807) is 20.8 Å². The predicted octanol–water partition coefficient (Wildman–Crippen LogP) is 3.72. The van der Waals surface area contributed by atoms with Gasteiger partial charge in [0.05, 0.1) is 5.56 Å². The maximum atomic E-state index is 12.7. The molecule has 1 aliphatic rings. The molecule has 26 heavy (non-hydrogen) atoms. The molecule has 1 N–H and O–H groups in total. The van der Waals surface area contributed by atoms with Crippen LogP contribution in [0, 0.1) is 0 Å². The van der Waals surface area contributed by atoms with Crippen LogP contribution in [0.3, 0.4) is 0 Å². The number of carbonyl (C=O) groups excluding carboxylic acids is 2. The van der Waals surface area contributed by atoms with Crippen LogP contribution in [0.15, 0.2) is 24.3 Å². The number of ether oxygens (including phenoxy) is 1. The fourth-order valence-corrected chi connectivity index (χ4v) is 2.74. The highest BCUT2D eigenvalue weighted by atomic mass is 19.4. The van der Waals surface area contributed by atoms with Crippen LogP contribution in [0.2, 0.25) is 0 Å². The first-order valence-electron chi connectivity index (χ1n) is 8.41. The van der Waals surface area contributed by atoms with Crippen LogP contribution < -0.4 is 5.32 Å². The van der Waals surface area contributed by atoms with Crippen LogP contribution in [0.4, 0.5) is 18.0 Å². The highest BCUT2D eigenvalue weighted by molar-refractivity contribution is 5.86. The number of carbonyl (C=O) groups is 2. The van der Waals surface area contributed by atoms with E-state index in [0.717, 1.165) is 12.1 Å². The van der Waals surface area contributed by atoms with Gasteiger partial charge in [-0.2, -0.15) is 13.2 Å². The number of alkyl halides is 3. The van der Waals surface area contributed by atoms with Crippen LogP contribution in [-0.4, -0.2) is 35.1 Å². The monoisotopic (exact) mass is 372 g/mol. The molecule has 8 heteroatoms. The Labute approximate surface area is 150 Å². The zero-order valence-electron chi connectivity index (χ0n) is 15.0. The van der Waals surface area contributed by atoms with E-state index in [9.17, 15) is 22.8 Å². The summed E-state index contributed by atoms with van der Waals surface area (Å²) in [5.74, 6) is -0.397. The number of nitrogens with zero attached hydrogens (tertiary/aromatic N) is 1. The summed E-state index contributed by atoms with van der Waals surface area (Å²) in [4.78, 5) is 26.0. The molecule has 0 aliphatic carbocycles. The van der Waals surface area contributed by atoms with Crippen molar-refractivity contribution in [3.05, 3.63) is 35.4 Å². The summed E-state index contributed by atoms with van der Waals surface area (Å²) < 4.78 is 43.5. The number of hydrogen-bond acceptors (Lipinski definition) is 3. The molecule has 5 nitrogen and oxygen atoms in total. The standard InChI is InChI=1S/C18H23F3N2O3/c1-17(2,3)26-16(25)23-9-5-8-14(23)15(24)22-11-12-6-4-7-13(10-12)18(19,20)21/h4,6-7,10,14H,5,8-9,11H2,1-3H3,(H,22,24)/t14-/m1/s1. The maximum Gasteiger partial charge on any atom is 0.416 e. The number of nitrogens with one attached hydrogen (secondary N) is 1. The van der Waals surface area contributed by atoms with E-state index >= 15 is 0 Å². The van der Waals surface area contributed by atoms with E-state index in [1.807, 2.05) is 0 Å². The van der Waals surface area contributed by atoms with E-state index in [0.29, 0.717) is 24.9 Å². The Morgan fingerprint density at radius 2 is 1.96 bits per heavy atom. The molecule has 1 atom stereocenters. The van der Waals surface area contributed by atoms with Crippen molar-refractivity contribution in [2.24, 2.45) is 0 Å². The molecule has 1 aliphatic heterocycles. The molecule has 2 amide bonds. The smallest absolute Gasteiger partial charge is 0.416 e. The SMILES string of the molecule is CC(C)(C)OC(=O)N1CCC[C@@H]1C(=O)NCc1cccc(C(F)(F)F)c1. The van der Waals surface area contributed by atoms with Crippen molar-refractivity contribution >= 4 is 12.0 Å². The number of amides is 2. The molecule has 0 bridgehead atoms. The Bertz CT molecular complexity index is 668. The third-order valence-electron chi connectivity index (χ3n) is 3.90. The van der Waals surface area contributed by atoms with Crippen molar-refractivity contribution in [1.82, 2.24) is 10.2 Å². The molecule has 1 heterocycles. The van der Waals surface area contributed by atoms with Gasteiger partial charge in [-0.15, -0.1) is 0 Å². The maximum absolute atomic E-state index is 12.7. The van der Waals surface area contributed by atoms with Gasteiger partial charge in [-0.05, 0) is 51.3 Å². The molecule has 0 aromatic heterocycles. The number of hydrogen-bond donors (Lipinski definition) is 1. The van der Waals surface area contributed by atoms with Gasteiger partial charge in [0.1, 0.15) is 11.6 Å². The number of rotatable bonds is 3. The summed E-state index contributed by atoms with van der Waals surface area (Å²) in [6, 6.07) is 4.12. The first-order chi connectivity index (χ1) is 12.0. The fraction of sp³-hybridized carbons (Fsp3) is 0.556. The third-order valence-corrected chi connectivity index (χ3v) is 3.90. The van der Waals surface area contributed by atoms with E-state index in [1.165, 1.54) is 17.0 Å². The lowest BCUT2D eigenvalue weighted by Crippen LogP contribution is -2.47. The van der Waals surface area contributed by atoms with Crippen molar-refractivity contribution < 1.29 is 27.5 Å². The third kappa shape index (κ3) is 5.37. The minimum Gasteiger partial charge on any atom is -0.444 e. The second-order valence-electron chi connectivity index (χ2n) is 7.25. The van der Waals surface area contributed by atoms with Crippen LogP contribution in [0.25, 0.3) is 0 Å². The Morgan fingerprint density at radius 3 is 2.58 bits per heavy atom. The first-order valence-corrected chi connectivity index (χ1v) is 8.41. The van der Waals surface area contributed by atoms with E-state index in [-0.39, 0.29) is 6.54 Å². The highest BCUT2D eigenvalue weighted by Gasteiger charge is 2.36. The average Bonchev–Trinajstić information content (AvgIpc) is 3.00. The van der Waals surface area contributed by atoms with E-state index in [2.05, 4.69) is 5.32 Å². The summed E-state index contributed by atoms with van der Waals surface area (Å²) in [7, 11) is 0. The van der Waals surface area contributed by atoms with E-state index < -0.39 is 35.4 Å². The minimum absolute atomic E-state index is 0.0403. The van der Waals surface area contributed by atoms with Crippen LogP contribution in [-0.2, 0) is 22.3 Å². The van der Waals surface area contributed by atoms with Crippen LogP contribution >= 0.6 is 0 Å². The van der Waals surface area contributed by atoms with Crippen molar-refractivity contribution in [1.29, 1.82) is 0 Å². The summed E-state index contributed by atoms with van der Waals surface area (Å²) in [5.41, 5.74) is -1.09. The summed E-state index contributed by atoms with van der Waals surface area (Å²) in [6.07, 6.45) is -3.83. The molecule has 0 unspecified atom stereocenters. The van der Waals surface area contributed by atoms with Crippen molar-refractivity contribution in [3.63, 3.8) is 0 Å². The van der Waals surface area contributed by atoms with Gasteiger partial charge >= 0.3 is 12.3 Å². The van der Waals surface area contributed by atoms with Gasteiger partial charge < -0.3 is 10.1 Å². The number of benzene rings is 1. The quantitative estimate of drug-likeness (QED) is 0.880. The predicted molar refractivity (Wildman–Crippen MR) is 89.3 cm³/mol. The molecule has 0 spiro atoms. The second-order valence-corrected chi connectivity index (χ2v) is 7.25. The van der Waals surface area contributed by atoms with Crippen LogP contribution in [0.1, 0.15) is 44.7 Å². The van der Waals surface area contributed by atoms with Gasteiger partial charge in [-0.25, -0.2) is 4.79 Å². The van der Waals surface area contributed by atoms with Gasteiger partial charge in [0.25, 0.3) is 0 Å². The van der Waals surface area contributed by atoms with Crippen molar-refractivity contribution in [3.8, 4) is 0 Å². The summed E-state index contributed by atoms with van der Waals surface area (Å²) in [6.45, 7) is 5.59. The summed E-state index contributed by atoms with van der Waals surface area (Å²) in [5, 5.41) is 2.61. The number of likely N-dealkylation sites (tertiary alicyclic amines) is 1. The molecule has 144 valence electrons. The molecular formula is C18H23F3N2O3. The Hall–Kier alpha value is -2.25. The molecule has 0 saturated carbocycles. The molecule has 1 saturated heterocycles. The molecule has 1 aromatic carbocycles. The van der Waals surface area contributed by atoms with Crippen molar-refractivity contribution in [2.45, 2.75) is 58.0 Å². The normalized spacial score (nSPS) is 17.9. The minimum atomic E-state index is -4.43. The molecular weight excluding hydrogens is 349 g/mol. The van der Waals surface area contributed by atoms with Crippen molar-refractivity contribution in [2.75, 3.05) is 6.54 Å². The molecule has 2 rings (SSSR count). The molecule has 1 fully saturated rings. The Kier molecular flexibility index (Phi) is 5.83. The van der Waals surface area contributed by atoms with Gasteiger partial charge in [0.15, 0.2) is 0 Å². The topological polar surface area (TPSA) is 58.6 Å². The van der Waals surface area contributed by atoms with Crippen LogP contribution in [0.5, 0.6) is 0 Å². The lowest BCUT2D eigenvalue weighted by atomic mass is 10.1. The Morgan fingerprint density at radius 1 is 1.27 bits per heavy atom. The molecule has 1 aromatic rings. The second kappa shape index (κ2) is 7.55. The lowest BCUT2D eigenvalue weighted by Gasteiger charge is -2.28.